The number of rotatable bonds is 5. The molecule has 23 heavy (non-hydrogen) atoms. The number of halogens is 1. The Morgan fingerprint density at radius 1 is 1.43 bits per heavy atom. The van der Waals surface area contributed by atoms with Gasteiger partial charge in [0.2, 0.25) is 5.91 Å². The Labute approximate surface area is 146 Å². The standard InChI is InChI=1S/C16H21N3O2S.ClH/c1-21-12-3-4-13-14(10-12)22-16(18-13)19-15(20)5-2-11-6-8-17-9-7-11;/h3-4,10-11,17H,2,5-9H2,1H3,(H,18,19,20);1H. The van der Waals surface area contributed by atoms with Crippen LogP contribution in [0.5, 0.6) is 5.75 Å². The molecular weight excluding hydrogens is 334 g/mol. The number of aromatic nitrogens is 1. The van der Waals surface area contributed by atoms with Gasteiger partial charge in [0.15, 0.2) is 5.13 Å². The van der Waals surface area contributed by atoms with Gasteiger partial charge in [-0.05, 0) is 56.5 Å². The first-order chi connectivity index (χ1) is 10.7. The van der Waals surface area contributed by atoms with E-state index in [9.17, 15) is 4.79 Å². The van der Waals surface area contributed by atoms with Crippen molar-refractivity contribution in [1.82, 2.24) is 10.3 Å². The molecule has 1 aliphatic heterocycles. The number of piperidine rings is 1. The Morgan fingerprint density at radius 3 is 2.96 bits per heavy atom. The Balaban J connectivity index is 0.00000192. The Hall–Kier alpha value is -1.37. The molecule has 0 bridgehead atoms. The van der Waals surface area contributed by atoms with Crippen LogP contribution in [0.2, 0.25) is 0 Å². The molecule has 126 valence electrons. The van der Waals surface area contributed by atoms with Gasteiger partial charge in [0, 0.05) is 6.42 Å². The summed E-state index contributed by atoms with van der Waals surface area (Å²) in [6, 6.07) is 5.73. The van der Waals surface area contributed by atoms with Gasteiger partial charge in [-0.1, -0.05) is 11.3 Å². The number of anilines is 1. The highest BCUT2D eigenvalue weighted by atomic mass is 35.5. The highest BCUT2D eigenvalue weighted by Crippen LogP contribution is 2.29. The van der Waals surface area contributed by atoms with Crippen molar-refractivity contribution in [2.24, 2.45) is 5.92 Å². The number of benzene rings is 1. The van der Waals surface area contributed by atoms with Crippen LogP contribution in [0.15, 0.2) is 18.2 Å². The number of amides is 1. The van der Waals surface area contributed by atoms with Crippen molar-refractivity contribution < 1.29 is 9.53 Å². The maximum atomic E-state index is 12.1. The zero-order chi connectivity index (χ0) is 15.4. The Kier molecular flexibility index (Phi) is 6.62. The number of thiazole rings is 1. The van der Waals surface area contributed by atoms with Crippen molar-refractivity contribution in [2.45, 2.75) is 25.7 Å². The van der Waals surface area contributed by atoms with Crippen LogP contribution in [0.1, 0.15) is 25.7 Å². The van der Waals surface area contributed by atoms with Gasteiger partial charge in [0.05, 0.1) is 17.3 Å². The highest BCUT2D eigenvalue weighted by molar-refractivity contribution is 7.22. The number of methoxy groups -OCH3 is 1. The molecule has 1 amide bonds. The average Bonchev–Trinajstić information content (AvgIpc) is 2.95. The zero-order valence-corrected chi connectivity index (χ0v) is 14.8. The quantitative estimate of drug-likeness (QED) is 0.862. The van der Waals surface area contributed by atoms with Gasteiger partial charge in [-0.25, -0.2) is 4.98 Å². The first-order valence-electron chi connectivity index (χ1n) is 7.70. The molecule has 1 aromatic heterocycles. The van der Waals surface area contributed by atoms with E-state index >= 15 is 0 Å². The summed E-state index contributed by atoms with van der Waals surface area (Å²) in [6.07, 6.45) is 3.89. The van der Waals surface area contributed by atoms with Crippen molar-refractivity contribution in [2.75, 3.05) is 25.5 Å². The molecule has 0 unspecified atom stereocenters. The lowest BCUT2D eigenvalue weighted by Gasteiger charge is -2.21. The predicted octanol–water partition coefficient (Wildman–Crippen LogP) is 3.45. The van der Waals surface area contributed by atoms with E-state index in [1.165, 1.54) is 24.2 Å². The fourth-order valence-corrected chi connectivity index (χ4v) is 3.68. The van der Waals surface area contributed by atoms with E-state index in [0.29, 0.717) is 17.5 Å². The van der Waals surface area contributed by atoms with Crippen molar-refractivity contribution in [1.29, 1.82) is 0 Å². The minimum absolute atomic E-state index is 0. The van der Waals surface area contributed by atoms with Crippen LogP contribution in [0, 0.1) is 5.92 Å². The first-order valence-corrected chi connectivity index (χ1v) is 8.51. The van der Waals surface area contributed by atoms with Crippen LogP contribution < -0.4 is 15.4 Å². The molecule has 0 saturated carbocycles. The van der Waals surface area contributed by atoms with Gasteiger partial charge in [-0.2, -0.15) is 0 Å². The maximum absolute atomic E-state index is 12.1. The lowest BCUT2D eigenvalue weighted by Crippen LogP contribution is -2.28. The number of nitrogens with one attached hydrogen (secondary N) is 2. The lowest BCUT2D eigenvalue weighted by atomic mass is 9.93. The van der Waals surface area contributed by atoms with Gasteiger partial charge in [-0.15, -0.1) is 12.4 Å². The van der Waals surface area contributed by atoms with Crippen molar-refractivity contribution in [3.8, 4) is 5.75 Å². The van der Waals surface area contributed by atoms with Gasteiger partial charge in [-0.3, -0.25) is 4.79 Å². The molecule has 1 fully saturated rings. The van der Waals surface area contributed by atoms with E-state index in [2.05, 4.69) is 15.6 Å². The van der Waals surface area contributed by atoms with Gasteiger partial charge in [0.1, 0.15) is 5.75 Å². The number of nitrogens with zero attached hydrogens (tertiary/aromatic N) is 1. The summed E-state index contributed by atoms with van der Waals surface area (Å²) in [4.78, 5) is 16.5. The summed E-state index contributed by atoms with van der Waals surface area (Å²) in [6.45, 7) is 2.15. The summed E-state index contributed by atoms with van der Waals surface area (Å²) in [5.41, 5.74) is 0.888. The minimum atomic E-state index is 0. The van der Waals surface area contributed by atoms with Crippen LogP contribution in [0.25, 0.3) is 10.2 Å². The average molecular weight is 356 g/mol. The van der Waals surface area contributed by atoms with Crippen LogP contribution in [0.4, 0.5) is 5.13 Å². The predicted molar refractivity (Wildman–Crippen MR) is 96.9 cm³/mol. The summed E-state index contributed by atoms with van der Waals surface area (Å²) >= 11 is 1.48. The normalized spacial score (nSPS) is 15.2. The summed E-state index contributed by atoms with van der Waals surface area (Å²) in [5, 5.41) is 6.93. The van der Waals surface area contributed by atoms with Crippen LogP contribution in [0.3, 0.4) is 0 Å². The molecule has 0 radical (unpaired) electrons. The second kappa shape index (κ2) is 8.47. The number of hydrogen-bond acceptors (Lipinski definition) is 5. The fourth-order valence-electron chi connectivity index (χ4n) is 2.77. The molecule has 0 atom stereocenters. The number of carbonyl (C=O) groups is 1. The second-order valence-electron chi connectivity index (χ2n) is 5.63. The van der Waals surface area contributed by atoms with Crippen molar-refractivity contribution in [3.05, 3.63) is 18.2 Å². The smallest absolute Gasteiger partial charge is 0.226 e. The third kappa shape index (κ3) is 4.80. The molecule has 0 aliphatic carbocycles. The Morgan fingerprint density at radius 2 is 2.22 bits per heavy atom. The van der Waals surface area contributed by atoms with Gasteiger partial charge >= 0.3 is 0 Å². The molecule has 2 aromatic rings. The molecular formula is C16H22ClN3O2S. The summed E-state index contributed by atoms with van der Waals surface area (Å²) in [7, 11) is 1.64. The van der Waals surface area contributed by atoms with Crippen LogP contribution in [-0.2, 0) is 4.79 Å². The molecule has 2 heterocycles. The highest BCUT2D eigenvalue weighted by Gasteiger charge is 2.15. The van der Waals surface area contributed by atoms with E-state index in [1.807, 2.05) is 18.2 Å². The van der Waals surface area contributed by atoms with Crippen molar-refractivity contribution in [3.63, 3.8) is 0 Å². The molecule has 1 aliphatic rings. The molecule has 1 aromatic carbocycles. The summed E-state index contributed by atoms with van der Waals surface area (Å²) < 4.78 is 6.23. The van der Waals surface area contributed by atoms with Crippen molar-refractivity contribution >= 4 is 45.0 Å². The number of carbonyl (C=O) groups excluding carboxylic acids is 1. The van der Waals surface area contributed by atoms with Crippen LogP contribution in [-0.4, -0.2) is 31.1 Å². The van der Waals surface area contributed by atoms with E-state index in [0.717, 1.165) is 35.5 Å². The number of fused-ring (bicyclic) bond motifs is 1. The van der Waals surface area contributed by atoms with E-state index in [1.54, 1.807) is 7.11 Å². The number of ether oxygens (including phenoxy) is 1. The molecule has 3 rings (SSSR count). The van der Waals surface area contributed by atoms with Crippen LogP contribution >= 0.6 is 23.7 Å². The Bertz CT molecular complexity index is 656. The molecule has 5 nitrogen and oxygen atoms in total. The van der Waals surface area contributed by atoms with E-state index in [-0.39, 0.29) is 18.3 Å². The van der Waals surface area contributed by atoms with E-state index < -0.39 is 0 Å². The third-order valence-corrected chi connectivity index (χ3v) is 5.01. The summed E-state index contributed by atoms with van der Waals surface area (Å²) in [5.74, 6) is 1.54. The topological polar surface area (TPSA) is 63.2 Å². The SMILES string of the molecule is COc1ccc2nc(NC(=O)CCC3CCNCC3)sc2c1.Cl. The van der Waals surface area contributed by atoms with Gasteiger partial charge < -0.3 is 15.4 Å². The fraction of sp³-hybridized carbons (Fsp3) is 0.500. The first kappa shape index (κ1) is 18.0. The molecule has 2 N–H and O–H groups in total. The molecule has 0 spiro atoms. The largest absolute Gasteiger partial charge is 0.497 e. The minimum Gasteiger partial charge on any atom is -0.497 e. The maximum Gasteiger partial charge on any atom is 0.226 e. The molecule has 7 heteroatoms. The third-order valence-electron chi connectivity index (χ3n) is 4.08. The zero-order valence-electron chi connectivity index (χ0n) is 13.1. The lowest BCUT2D eigenvalue weighted by molar-refractivity contribution is -0.116. The molecule has 1 saturated heterocycles. The van der Waals surface area contributed by atoms with Gasteiger partial charge in [0.25, 0.3) is 0 Å². The number of hydrogen-bond donors (Lipinski definition) is 2. The second-order valence-corrected chi connectivity index (χ2v) is 6.66. The monoisotopic (exact) mass is 355 g/mol. The van der Waals surface area contributed by atoms with E-state index in [4.69, 9.17) is 4.74 Å².